The minimum absolute atomic E-state index is 0.00626. The zero-order valence-corrected chi connectivity index (χ0v) is 14.7. The number of methoxy groups -OCH3 is 1. The van der Waals surface area contributed by atoms with Gasteiger partial charge < -0.3 is 10.1 Å². The summed E-state index contributed by atoms with van der Waals surface area (Å²) in [6.07, 6.45) is 5.11. The van der Waals surface area contributed by atoms with E-state index in [1.807, 2.05) is 0 Å². The number of carbonyl (C=O) groups excluding carboxylic acids is 1. The number of rotatable bonds is 6. The second kappa shape index (κ2) is 7.73. The fraction of sp³-hybridized carbons (Fsp3) is 0.167. The first-order valence-electron chi connectivity index (χ1n) is 7.37. The minimum Gasteiger partial charge on any atom is -0.495 e. The van der Waals surface area contributed by atoms with Crippen LogP contribution < -0.4 is 14.8 Å². The predicted octanol–water partition coefficient (Wildman–Crippen LogP) is 2.17. The molecule has 25 heavy (non-hydrogen) atoms. The molecule has 0 spiro atoms. The van der Waals surface area contributed by atoms with Crippen LogP contribution >= 0.6 is 0 Å². The second-order valence-electron chi connectivity index (χ2n) is 5.17. The molecule has 0 saturated carbocycles. The average Bonchev–Trinajstić information content (AvgIpc) is 2.60. The predicted molar refractivity (Wildman–Crippen MR) is 96.1 cm³/mol. The van der Waals surface area contributed by atoms with E-state index >= 15 is 0 Å². The van der Waals surface area contributed by atoms with E-state index in [-0.39, 0.29) is 17.0 Å². The van der Waals surface area contributed by atoms with Gasteiger partial charge in [-0.3, -0.25) is 9.52 Å². The molecule has 2 aromatic carbocycles. The first-order chi connectivity index (χ1) is 11.9. The van der Waals surface area contributed by atoms with Crippen molar-refractivity contribution in [3.8, 4) is 18.1 Å². The Morgan fingerprint density at radius 1 is 1.24 bits per heavy atom. The Morgan fingerprint density at radius 3 is 2.64 bits per heavy atom. The van der Waals surface area contributed by atoms with Crippen molar-refractivity contribution in [1.29, 1.82) is 0 Å². The highest BCUT2D eigenvalue weighted by molar-refractivity contribution is 7.92. The van der Waals surface area contributed by atoms with Gasteiger partial charge in [0.2, 0.25) is 0 Å². The topological polar surface area (TPSA) is 84.5 Å². The lowest BCUT2D eigenvalue weighted by atomic mass is 10.1. The number of benzene rings is 2. The number of sulfonamides is 1. The van der Waals surface area contributed by atoms with E-state index in [9.17, 15) is 13.2 Å². The highest BCUT2D eigenvalue weighted by Crippen LogP contribution is 2.27. The zero-order chi connectivity index (χ0) is 18.4. The van der Waals surface area contributed by atoms with Crippen LogP contribution in [-0.4, -0.2) is 28.0 Å². The van der Waals surface area contributed by atoms with Crippen molar-refractivity contribution in [2.75, 3.05) is 18.4 Å². The summed E-state index contributed by atoms with van der Waals surface area (Å²) in [5, 5.41) is 2.50. The first kappa shape index (κ1) is 18.4. The summed E-state index contributed by atoms with van der Waals surface area (Å²) < 4.78 is 33.1. The molecular formula is C18H18N2O4S. The van der Waals surface area contributed by atoms with Crippen LogP contribution in [-0.2, 0) is 10.0 Å². The van der Waals surface area contributed by atoms with E-state index < -0.39 is 15.9 Å². The highest BCUT2D eigenvalue weighted by Gasteiger charge is 2.20. The van der Waals surface area contributed by atoms with Gasteiger partial charge in [-0.2, -0.15) is 0 Å². The van der Waals surface area contributed by atoms with Gasteiger partial charge in [0.1, 0.15) is 5.75 Å². The molecule has 0 aliphatic heterocycles. The van der Waals surface area contributed by atoms with Crippen molar-refractivity contribution < 1.29 is 17.9 Å². The van der Waals surface area contributed by atoms with Crippen LogP contribution in [0.4, 0.5) is 5.69 Å². The average molecular weight is 358 g/mol. The highest BCUT2D eigenvalue weighted by atomic mass is 32.2. The monoisotopic (exact) mass is 358 g/mol. The molecule has 2 aromatic rings. The fourth-order valence-electron chi connectivity index (χ4n) is 2.19. The Kier molecular flexibility index (Phi) is 5.67. The van der Waals surface area contributed by atoms with Crippen molar-refractivity contribution in [2.24, 2.45) is 0 Å². The summed E-state index contributed by atoms with van der Waals surface area (Å²) in [5.74, 6) is 2.25. The van der Waals surface area contributed by atoms with E-state index in [2.05, 4.69) is 16.0 Å². The van der Waals surface area contributed by atoms with Crippen LogP contribution in [0.2, 0.25) is 0 Å². The first-order valence-corrected chi connectivity index (χ1v) is 8.85. The number of amides is 1. The van der Waals surface area contributed by atoms with Gasteiger partial charge in [-0.25, -0.2) is 8.42 Å². The van der Waals surface area contributed by atoms with Crippen molar-refractivity contribution >= 4 is 21.6 Å². The zero-order valence-electron chi connectivity index (χ0n) is 13.9. The Balaban J connectivity index is 2.39. The fourth-order valence-corrected chi connectivity index (χ4v) is 3.54. The lowest BCUT2D eigenvalue weighted by molar-refractivity contribution is 0.0958. The van der Waals surface area contributed by atoms with Gasteiger partial charge in [0.05, 0.1) is 24.2 Å². The van der Waals surface area contributed by atoms with E-state index in [0.29, 0.717) is 17.0 Å². The van der Waals surface area contributed by atoms with Crippen LogP contribution in [0.1, 0.15) is 15.9 Å². The molecular weight excluding hydrogens is 340 g/mol. The number of aryl methyl sites for hydroxylation is 1. The molecule has 0 saturated heterocycles. The molecule has 6 nitrogen and oxygen atoms in total. The van der Waals surface area contributed by atoms with Gasteiger partial charge in [0, 0.05) is 5.56 Å². The van der Waals surface area contributed by atoms with Gasteiger partial charge in [-0.15, -0.1) is 6.42 Å². The van der Waals surface area contributed by atoms with Gasteiger partial charge in [0.15, 0.2) is 0 Å². The summed E-state index contributed by atoms with van der Waals surface area (Å²) in [4.78, 5) is 12.0. The molecule has 0 atom stereocenters. The van der Waals surface area contributed by atoms with Crippen LogP contribution in [0.3, 0.4) is 0 Å². The molecule has 0 aliphatic carbocycles. The van der Waals surface area contributed by atoms with Crippen molar-refractivity contribution in [1.82, 2.24) is 5.32 Å². The maximum Gasteiger partial charge on any atom is 0.262 e. The maximum absolute atomic E-state index is 12.7. The lowest BCUT2D eigenvalue weighted by Crippen LogP contribution is -2.24. The number of carbonyl (C=O) groups is 1. The summed E-state index contributed by atoms with van der Waals surface area (Å²) in [6.45, 7) is 1.72. The third-order valence-corrected chi connectivity index (χ3v) is 4.95. The largest absolute Gasteiger partial charge is 0.495 e. The second-order valence-corrected chi connectivity index (χ2v) is 6.82. The van der Waals surface area contributed by atoms with Gasteiger partial charge in [0.25, 0.3) is 15.9 Å². The Labute approximate surface area is 147 Å². The quantitative estimate of drug-likeness (QED) is 0.775. The number of para-hydroxylation sites is 2. The molecule has 0 radical (unpaired) electrons. The molecule has 0 aliphatic rings. The van der Waals surface area contributed by atoms with Crippen LogP contribution in [0, 0.1) is 19.3 Å². The van der Waals surface area contributed by atoms with Gasteiger partial charge in [-0.1, -0.05) is 24.1 Å². The SMILES string of the molecule is C#CCNC(=O)c1ccc(C)c(S(=O)(=O)Nc2ccccc2OC)c1. The number of hydrogen-bond donors (Lipinski definition) is 2. The molecule has 1 amide bonds. The number of anilines is 1. The molecule has 0 heterocycles. The smallest absolute Gasteiger partial charge is 0.262 e. The third-order valence-electron chi connectivity index (χ3n) is 3.44. The summed E-state index contributed by atoms with van der Waals surface area (Å²) in [5.41, 5.74) is 1.03. The van der Waals surface area contributed by atoms with E-state index in [4.69, 9.17) is 11.2 Å². The Morgan fingerprint density at radius 2 is 1.96 bits per heavy atom. The number of nitrogens with one attached hydrogen (secondary N) is 2. The number of ether oxygens (including phenoxy) is 1. The van der Waals surface area contributed by atoms with E-state index in [0.717, 1.165) is 0 Å². The summed E-state index contributed by atoms with van der Waals surface area (Å²) in [7, 11) is -2.45. The van der Waals surface area contributed by atoms with Gasteiger partial charge >= 0.3 is 0 Å². The lowest BCUT2D eigenvalue weighted by Gasteiger charge is -2.14. The van der Waals surface area contributed by atoms with Crippen LogP contribution in [0.5, 0.6) is 5.75 Å². The molecule has 7 heteroatoms. The van der Waals surface area contributed by atoms with Crippen molar-refractivity contribution in [3.05, 3.63) is 53.6 Å². The Bertz CT molecular complexity index is 930. The third kappa shape index (κ3) is 4.31. The van der Waals surface area contributed by atoms with Crippen molar-refractivity contribution in [2.45, 2.75) is 11.8 Å². The maximum atomic E-state index is 12.7. The molecule has 130 valence electrons. The molecule has 0 unspecified atom stereocenters. The minimum atomic E-state index is -3.90. The van der Waals surface area contributed by atoms with Crippen LogP contribution in [0.25, 0.3) is 0 Å². The van der Waals surface area contributed by atoms with Gasteiger partial charge in [-0.05, 0) is 36.8 Å². The summed E-state index contributed by atoms with van der Waals surface area (Å²) in [6, 6.07) is 11.1. The normalized spacial score (nSPS) is 10.6. The Hall–Kier alpha value is -2.98. The molecule has 2 rings (SSSR count). The standard InChI is InChI=1S/C18H18N2O4S/c1-4-11-19-18(21)14-10-9-13(2)17(12-14)25(22,23)20-15-7-5-6-8-16(15)24-3/h1,5-10,12,20H,11H2,2-3H3,(H,19,21). The molecule has 2 N–H and O–H groups in total. The number of terminal acetylenes is 1. The van der Waals surface area contributed by atoms with E-state index in [1.165, 1.54) is 13.2 Å². The molecule has 0 aromatic heterocycles. The number of hydrogen-bond acceptors (Lipinski definition) is 4. The van der Waals surface area contributed by atoms with Crippen LogP contribution in [0.15, 0.2) is 47.4 Å². The molecule has 0 bridgehead atoms. The molecule has 0 fully saturated rings. The summed E-state index contributed by atoms with van der Waals surface area (Å²) >= 11 is 0. The van der Waals surface area contributed by atoms with Crippen molar-refractivity contribution in [3.63, 3.8) is 0 Å². The van der Waals surface area contributed by atoms with E-state index in [1.54, 1.807) is 43.3 Å².